The molecule has 3 atom stereocenters. The SMILES string of the molecule is C=C1C/C(=C\c2cnn3c(NC4CC4)cc(-c4csc(C(=O)N5CC(C)OC(C)C5)c4)nc23)C(=O)N1.C=c1[nH]c(=O)[nH]/c1=C\c1cnn2c(NC3CC3)cc(-c3ccc(CN4CCC(N(C)C)C4)s3)nc12.C=c1[nH]c(=O)[nH]/c1=C\c1cnn2c(NC3CC3)cc(-c3ccc(CN4CCCC4)s3)nc12.C=c1[nH]c(=O)[nH]/c1=C\c1cnn2c(NC3CC3)cc(-c3ccc(CN4CCOCC4)s3)nc12. The van der Waals surface area contributed by atoms with E-state index in [4.69, 9.17) is 29.4 Å². The number of morpholine rings is 2. The smallest absolute Gasteiger partial charge is 0.323 e. The number of fused-ring (bicyclic) bond motifs is 4. The van der Waals surface area contributed by atoms with Gasteiger partial charge in [-0.15, -0.1) is 45.3 Å². The minimum Gasteiger partial charge on any atom is -0.379 e. The predicted molar refractivity (Wildman–Crippen MR) is 535 cm³/mol. The number of carbonyl (C=O) groups excluding carboxylic acids is 2. The summed E-state index contributed by atoms with van der Waals surface area (Å²) >= 11 is 6.82. The van der Waals surface area contributed by atoms with Gasteiger partial charge in [-0.25, -0.2) is 34.3 Å². The van der Waals surface area contributed by atoms with Gasteiger partial charge in [0.2, 0.25) is 0 Å². The Morgan fingerprint density at radius 1 is 0.478 bits per heavy atom. The third kappa shape index (κ3) is 20.5. The summed E-state index contributed by atoms with van der Waals surface area (Å²) in [6, 6.07) is 25.8. The van der Waals surface area contributed by atoms with E-state index in [1.807, 2.05) is 85.4 Å². The summed E-state index contributed by atoms with van der Waals surface area (Å²) < 4.78 is 18.6. The summed E-state index contributed by atoms with van der Waals surface area (Å²) in [5, 5.41) is 40.9. The fourth-order valence-electron chi connectivity index (χ4n) is 17.7. The third-order valence-corrected chi connectivity index (χ3v) is 29.6. The number of H-pyrrole nitrogens is 6. The average Bonchev–Trinajstić information content (AvgIpc) is 1.63. The highest BCUT2D eigenvalue weighted by Gasteiger charge is 2.33. The van der Waals surface area contributed by atoms with Gasteiger partial charge in [0.05, 0.1) is 125 Å². The largest absolute Gasteiger partial charge is 0.379 e. The van der Waals surface area contributed by atoms with Crippen LogP contribution < -0.4 is 75.7 Å². The molecule has 15 aromatic heterocycles. The molecular formula is C97H108N28O7S4. The minimum atomic E-state index is -0.279. The van der Waals surface area contributed by atoms with Crippen LogP contribution in [0, 0.1) is 0 Å². The fraction of sp³-hybridized carbons (Fsp3) is 0.371. The molecule has 11 N–H and O–H groups in total. The Morgan fingerprint density at radius 2 is 0.868 bits per heavy atom. The maximum atomic E-state index is 13.2. The molecule has 9 fully saturated rings. The maximum absolute atomic E-state index is 13.2. The number of thiophene rings is 4. The highest BCUT2D eigenvalue weighted by atomic mass is 32.1. The molecule has 0 radical (unpaired) electrons. The molecular weight excluding hydrogens is 1800 g/mol. The minimum absolute atomic E-state index is 0.0192. The summed E-state index contributed by atoms with van der Waals surface area (Å²) in [7, 11) is 4.33. The summed E-state index contributed by atoms with van der Waals surface area (Å²) in [5.41, 5.74) is 11.0. The van der Waals surface area contributed by atoms with Crippen LogP contribution in [0.2, 0.25) is 0 Å². The quantitative estimate of drug-likeness (QED) is 0.0254. The molecule has 136 heavy (non-hydrogen) atoms. The molecule has 24 rings (SSSR count). The second-order valence-corrected chi connectivity index (χ2v) is 41.3. The van der Waals surface area contributed by atoms with Crippen molar-refractivity contribution in [3.63, 3.8) is 0 Å². The van der Waals surface area contributed by atoms with E-state index in [9.17, 15) is 24.0 Å². The first kappa shape index (κ1) is 89.4. The van der Waals surface area contributed by atoms with Crippen molar-refractivity contribution >= 4 is 147 Å². The fourth-order valence-corrected chi connectivity index (χ4v) is 21.6. The molecule has 4 saturated carbocycles. The van der Waals surface area contributed by atoms with Gasteiger partial charge in [0.1, 0.15) is 23.3 Å². The molecule has 0 spiro atoms. The van der Waals surface area contributed by atoms with Gasteiger partial charge in [-0.3, -0.25) is 24.3 Å². The van der Waals surface area contributed by atoms with Gasteiger partial charge in [-0.05, 0) is 178 Å². The first-order valence-corrected chi connectivity index (χ1v) is 49.8. The van der Waals surface area contributed by atoms with Crippen molar-refractivity contribution in [2.75, 3.05) is 101 Å². The van der Waals surface area contributed by atoms with E-state index < -0.39 is 0 Å². The van der Waals surface area contributed by atoms with Gasteiger partial charge in [-0.2, -0.15) is 38.5 Å². The molecule has 702 valence electrons. The van der Waals surface area contributed by atoms with E-state index >= 15 is 0 Å². The zero-order chi connectivity index (χ0) is 93.1. The second-order valence-electron chi connectivity index (χ2n) is 36.9. The van der Waals surface area contributed by atoms with Crippen LogP contribution in [0.4, 0.5) is 23.3 Å². The number of hydrogen-bond donors (Lipinski definition) is 11. The lowest BCUT2D eigenvalue weighted by Crippen LogP contribution is -2.48. The van der Waals surface area contributed by atoms with E-state index in [1.54, 1.807) is 52.0 Å². The van der Waals surface area contributed by atoms with Gasteiger partial charge < -0.3 is 75.8 Å². The lowest BCUT2D eigenvalue weighted by atomic mass is 10.1. The number of nitrogens with one attached hydrogen (secondary N) is 11. The first-order chi connectivity index (χ1) is 66.0. The van der Waals surface area contributed by atoms with E-state index in [0.29, 0.717) is 104 Å². The van der Waals surface area contributed by atoms with Crippen LogP contribution in [0.3, 0.4) is 0 Å². The zero-order valence-corrected chi connectivity index (χ0v) is 79.5. The topological polar surface area (TPSA) is 396 Å². The van der Waals surface area contributed by atoms with Crippen molar-refractivity contribution in [1.82, 2.24) is 118 Å². The Bertz CT molecular complexity index is 7660. The monoisotopic (exact) mass is 1900 g/mol. The number of hydrogen-bond acceptors (Lipinski definition) is 27. The van der Waals surface area contributed by atoms with Gasteiger partial charge in [0, 0.05) is 179 Å². The Labute approximate surface area is 796 Å². The number of ether oxygens (including phenoxy) is 2. The van der Waals surface area contributed by atoms with E-state index in [2.05, 4.69) is 191 Å². The molecule has 5 saturated heterocycles. The number of allylic oxidation sites excluding steroid dienone is 1. The number of carbonyl (C=O) groups is 2. The number of aromatic nitrogens is 18. The Morgan fingerprint density at radius 3 is 1.24 bits per heavy atom. The Balaban J connectivity index is 0.000000109. The normalized spacial score (nSPS) is 19.7. The standard InChI is InChI=1S/C26H28N6O3S.C25H30N8OS.C23H25N7O2S.C23H25N7OS/c1-14-6-17(25(33)28-14)7-18-10-27-32-23(29-20-4-5-20)9-21(30-24(18)32)19-8-22(36-13-19)26(34)31-11-15(2)35-16(3)12-31;1-15-20(30-25(34)27-15)10-16-12-26-33-23(28-17-4-5-17)11-21(29-24(16)33)22-7-6-19(35-22)14-32-9-8-18(13-32)31(2)3;1-14-18(28-23(31)25-14)10-15-12-24-30-21(26-16-2-3-16)11-19(27-22(15)30)20-5-4-17(33-20)13-29-6-8-32-9-7-29;1-14-18(28-23(31)25-14)10-15-12-24-30-21(26-16-4-5-16)11-19(27-22(15)30)20-7-6-17(32-20)13-29-8-2-3-9-29/h7-10,13,15-16,20,29H,1,4-6,11-12H2,2-3H3,(H,28,33);6-7,10-12,17-18,28H,1,4-5,8-9,13-14H2,2-3H3,(H2,27,30,34);4-5,10-12,16,26H,1-3,6-9,13H2,(H2,25,28,31);6-7,10-12,16,26H,1-5,8-9,13H2,(H2,25,28,31)/b17-7+;20-10-;2*18-10-. The molecule has 20 heterocycles. The van der Waals surface area contributed by atoms with E-state index in [1.165, 1.54) is 84.0 Å². The molecule has 15 aromatic rings. The second kappa shape index (κ2) is 38.2. The highest BCUT2D eigenvalue weighted by molar-refractivity contribution is 7.16. The third-order valence-electron chi connectivity index (χ3n) is 25.4. The van der Waals surface area contributed by atoms with Crippen LogP contribution in [-0.2, 0) is 33.9 Å². The van der Waals surface area contributed by atoms with Crippen molar-refractivity contribution < 1.29 is 19.1 Å². The molecule has 0 bridgehead atoms. The van der Waals surface area contributed by atoms with Gasteiger partial charge in [-0.1, -0.05) is 26.3 Å². The van der Waals surface area contributed by atoms with Crippen molar-refractivity contribution in [2.45, 2.75) is 153 Å². The number of imidazole rings is 3. The van der Waals surface area contributed by atoms with Gasteiger partial charge in [0.25, 0.3) is 11.8 Å². The van der Waals surface area contributed by atoms with Crippen molar-refractivity contribution in [3.8, 4) is 43.0 Å². The summed E-state index contributed by atoms with van der Waals surface area (Å²) in [5.74, 6) is 3.54. The highest BCUT2D eigenvalue weighted by Crippen LogP contribution is 2.39. The average molecular weight is 1910 g/mol. The van der Waals surface area contributed by atoms with E-state index in [0.717, 1.165) is 190 Å². The lowest BCUT2D eigenvalue weighted by Gasteiger charge is -2.35. The number of aromatic amines is 6. The number of rotatable bonds is 24. The van der Waals surface area contributed by atoms with Crippen molar-refractivity contribution in [2.24, 2.45) is 0 Å². The molecule has 35 nitrogen and oxygen atoms in total. The molecule has 39 heteroatoms. The maximum Gasteiger partial charge on any atom is 0.323 e. The molecule has 3 unspecified atom stereocenters. The summed E-state index contributed by atoms with van der Waals surface area (Å²) in [6.07, 6.45) is 28.1. The number of likely N-dealkylation sites (N-methyl/N-ethyl adjacent to an activating group) is 1. The number of anilines is 4. The van der Waals surface area contributed by atoms with Gasteiger partial charge in [0.15, 0.2) is 22.6 Å². The van der Waals surface area contributed by atoms with Crippen LogP contribution in [0.15, 0.2) is 129 Å². The van der Waals surface area contributed by atoms with Crippen molar-refractivity contribution in [3.05, 3.63) is 220 Å². The zero-order valence-electron chi connectivity index (χ0n) is 76.2. The number of nitrogens with zero attached hydrogens (tertiary/aromatic N) is 17. The van der Waals surface area contributed by atoms with Gasteiger partial charge >= 0.3 is 17.1 Å². The molecule has 2 amide bonds. The van der Waals surface area contributed by atoms with Crippen LogP contribution in [-0.4, -0.2) is 247 Å². The molecule has 9 aliphatic rings. The predicted octanol–water partition coefficient (Wildman–Crippen LogP) is 8.13. The Hall–Kier alpha value is -13.1. The molecule has 4 aliphatic carbocycles. The number of amides is 2. The Kier molecular flexibility index (Phi) is 25.1. The molecule has 0 aromatic carbocycles. The van der Waals surface area contributed by atoms with E-state index in [-0.39, 0.29) is 41.1 Å². The van der Waals surface area contributed by atoms with Crippen LogP contribution in [0.25, 0.3) is 110 Å². The van der Waals surface area contributed by atoms with Crippen LogP contribution in [0.5, 0.6) is 0 Å². The summed E-state index contributed by atoms with van der Waals surface area (Å²) in [4.78, 5) is 116. The first-order valence-electron chi connectivity index (χ1n) is 46.5. The molecule has 5 aliphatic heterocycles. The van der Waals surface area contributed by atoms with Crippen LogP contribution in [0.1, 0.15) is 137 Å². The summed E-state index contributed by atoms with van der Waals surface area (Å²) in [6.45, 7) is 31.8. The van der Waals surface area contributed by atoms with Crippen LogP contribution >= 0.6 is 45.3 Å². The number of likely N-dealkylation sites (tertiary alicyclic amines) is 2. The lowest BCUT2D eigenvalue weighted by molar-refractivity contribution is -0.115. The van der Waals surface area contributed by atoms with Crippen molar-refractivity contribution in [1.29, 1.82) is 0 Å².